The van der Waals surface area contributed by atoms with E-state index in [-0.39, 0.29) is 12.1 Å². The van der Waals surface area contributed by atoms with Crippen LogP contribution in [0.2, 0.25) is 0 Å². The average Bonchev–Trinajstić information content (AvgIpc) is 3.03. The van der Waals surface area contributed by atoms with Crippen LogP contribution in [0.5, 0.6) is 0 Å². The predicted molar refractivity (Wildman–Crippen MR) is 97.0 cm³/mol. The van der Waals surface area contributed by atoms with Gasteiger partial charge in [-0.25, -0.2) is 4.79 Å². The SMILES string of the molecule is C[C@@H](NC(=O)N1CCCN(Cc2ccccn2)CC1)c1ccsc1. The summed E-state index contributed by atoms with van der Waals surface area (Å²) in [4.78, 5) is 21.2. The summed E-state index contributed by atoms with van der Waals surface area (Å²) in [6.07, 6.45) is 2.83. The van der Waals surface area contributed by atoms with Gasteiger partial charge in [0.1, 0.15) is 0 Å². The number of aromatic nitrogens is 1. The van der Waals surface area contributed by atoms with Gasteiger partial charge in [0.25, 0.3) is 0 Å². The minimum absolute atomic E-state index is 0.0355. The van der Waals surface area contributed by atoms with Crippen LogP contribution < -0.4 is 5.32 Å². The molecule has 24 heavy (non-hydrogen) atoms. The van der Waals surface area contributed by atoms with Crippen molar-refractivity contribution in [2.75, 3.05) is 26.2 Å². The number of nitrogens with one attached hydrogen (secondary N) is 1. The van der Waals surface area contributed by atoms with Gasteiger partial charge in [-0.2, -0.15) is 11.3 Å². The number of pyridine rings is 1. The second kappa shape index (κ2) is 8.26. The molecule has 0 spiro atoms. The molecule has 2 aromatic heterocycles. The van der Waals surface area contributed by atoms with Crippen molar-refractivity contribution in [3.05, 3.63) is 52.5 Å². The van der Waals surface area contributed by atoms with Gasteiger partial charge in [-0.3, -0.25) is 9.88 Å². The molecule has 5 nitrogen and oxygen atoms in total. The molecule has 1 atom stereocenters. The Hall–Kier alpha value is -1.92. The Morgan fingerprint density at radius 3 is 2.96 bits per heavy atom. The van der Waals surface area contributed by atoms with Gasteiger partial charge in [0.2, 0.25) is 0 Å². The molecule has 3 rings (SSSR count). The Kier molecular flexibility index (Phi) is 5.82. The lowest BCUT2D eigenvalue weighted by Gasteiger charge is -2.24. The van der Waals surface area contributed by atoms with Crippen LogP contribution in [0.4, 0.5) is 4.79 Å². The molecule has 0 bridgehead atoms. The molecule has 0 saturated carbocycles. The molecular weight excluding hydrogens is 320 g/mol. The maximum atomic E-state index is 12.5. The molecule has 1 saturated heterocycles. The number of carbonyl (C=O) groups excluding carboxylic acids is 1. The third-order valence-electron chi connectivity index (χ3n) is 4.37. The van der Waals surface area contributed by atoms with Gasteiger partial charge in [0.05, 0.1) is 11.7 Å². The van der Waals surface area contributed by atoms with E-state index in [4.69, 9.17) is 0 Å². The Morgan fingerprint density at radius 2 is 2.21 bits per heavy atom. The lowest BCUT2D eigenvalue weighted by molar-refractivity contribution is 0.194. The third-order valence-corrected chi connectivity index (χ3v) is 5.07. The predicted octanol–water partition coefficient (Wildman–Crippen LogP) is 3.12. The van der Waals surface area contributed by atoms with Gasteiger partial charge < -0.3 is 10.2 Å². The van der Waals surface area contributed by atoms with Crippen LogP contribution in [0.3, 0.4) is 0 Å². The summed E-state index contributed by atoms with van der Waals surface area (Å²) in [6.45, 7) is 6.33. The van der Waals surface area contributed by atoms with E-state index >= 15 is 0 Å². The first-order valence-corrected chi connectivity index (χ1v) is 9.36. The molecule has 1 aliphatic heterocycles. The standard InChI is InChI=1S/C18H24N4OS/c1-15(16-6-12-24-14-16)20-18(23)22-9-4-8-21(10-11-22)13-17-5-2-3-7-19-17/h2-3,5-7,12,14-15H,4,8-11,13H2,1H3,(H,20,23)/t15-/m1/s1. The maximum absolute atomic E-state index is 12.5. The van der Waals surface area contributed by atoms with Gasteiger partial charge >= 0.3 is 6.03 Å². The van der Waals surface area contributed by atoms with Crippen molar-refractivity contribution in [1.82, 2.24) is 20.1 Å². The molecule has 0 aromatic carbocycles. The number of amides is 2. The second-order valence-electron chi connectivity index (χ2n) is 6.17. The molecular formula is C18H24N4OS. The minimum atomic E-state index is 0.0355. The molecule has 0 radical (unpaired) electrons. The molecule has 128 valence electrons. The number of urea groups is 1. The van der Waals surface area contributed by atoms with E-state index in [1.807, 2.05) is 35.5 Å². The Balaban J connectivity index is 1.50. The van der Waals surface area contributed by atoms with Crippen LogP contribution in [-0.2, 0) is 6.54 Å². The van der Waals surface area contributed by atoms with Crippen LogP contribution in [0, 0.1) is 0 Å². The first kappa shape index (κ1) is 16.9. The smallest absolute Gasteiger partial charge is 0.317 e. The average molecular weight is 344 g/mol. The van der Waals surface area contributed by atoms with E-state index < -0.39 is 0 Å². The molecule has 2 aromatic rings. The van der Waals surface area contributed by atoms with E-state index in [2.05, 4.69) is 32.7 Å². The summed E-state index contributed by atoms with van der Waals surface area (Å²) in [5, 5.41) is 7.23. The summed E-state index contributed by atoms with van der Waals surface area (Å²) in [7, 11) is 0. The van der Waals surface area contributed by atoms with E-state index in [1.165, 1.54) is 5.56 Å². The van der Waals surface area contributed by atoms with E-state index in [0.717, 1.165) is 44.8 Å². The van der Waals surface area contributed by atoms with Crippen molar-refractivity contribution in [3.8, 4) is 0 Å². The zero-order valence-corrected chi connectivity index (χ0v) is 14.8. The lowest BCUT2D eigenvalue weighted by atomic mass is 10.2. The summed E-state index contributed by atoms with van der Waals surface area (Å²) >= 11 is 1.66. The maximum Gasteiger partial charge on any atom is 0.317 e. The molecule has 0 unspecified atom stereocenters. The fraction of sp³-hybridized carbons (Fsp3) is 0.444. The van der Waals surface area contributed by atoms with Crippen molar-refractivity contribution in [1.29, 1.82) is 0 Å². The van der Waals surface area contributed by atoms with E-state index in [1.54, 1.807) is 11.3 Å². The molecule has 1 aliphatic rings. The van der Waals surface area contributed by atoms with Crippen LogP contribution in [0.25, 0.3) is 0 Å². The first-order chi connectivity index (χ1) is 11.7. The number of rotatable bonds is 4. The minimum Gasteiger partial charge on any atom is -0.331 e. The quantitative estimate of drug-likeness (QED) is 0.927. The van der Waals surface area contributed by atoms with Crippen molar-refractivity contribution in [2.45, 2.75) is 25.9 Å². The molecule has 6 heteroatoms. The highest BCUT2D eigenvalue weighted by atomic mass is 32.1. The summed E-state index contributed by atoms with van der Waals surface area (Å²) in [6, 6.07) is 8.16. The van der Waals surface area contributed by atoms with Gasteiger partial charge in [-0.1, -0.05) is 6.07 Å². The number of hydrogen-bond donors (Lipinski definition) is 1. The molecule has 1 N–H and O–H groups in total. The topological polar surface area (TPSA) is 48.5 Å². The van der Waals surface area contributed by atoms with Crippen molar-refractivity contribution in [2.24, 2.45) is 0 Å². The van der Waals surface area contributed by atoms with Gasteiger partial charge in [-0.05, 0) is 47.9 Å². The number of nitrogens with zero attached hydrogens (tertiary/aromatic N) is 3. The lowest BCUT2D eigenvalue weighted by Crippen LogP contribution is -2.42. The van der Waals surface area contributed by atoms with Crippen LogP contribution in [0.15, 0.2) is 41.2 Å². The monoisotopic (exact) mass is 344 g/mol. The number of hydrogen-bond acceptors (Lipinski definition) is 4. The third kappa shape index (κ3) is 4.55. The van der Waals surface area contributed by atoms with Crippen LogP contribution >= 0.6 is 11.3 Å². The van der Waals surface area contributed by atoms with E-state index in [0.29, 0.717) is 0 Å². The number of carbonyl (C=O) groups is 1. The van der Waals surface area contributed by atoms with Gasteiger partial charge in [0, 0.05) is 38.9 Å². The summed E-state index contributed by atoms with van der Waals surface area (Å²) in [5.74, 6) is 0. The largest absolute Gasteiger partial charge is 0.331 e. The second-order valence-corrected chi connectivity index (χ2v) is 6.95. The van der Waals surface area contributed by atoms with Crippen molar-refractivity contribution >= 4 is 17.4 Å². The highest BCUT2D eigenvalue weighted by Gasteiger charge is 2.21. The van der Waals surface area contributed by atoms with Crippen LogP contribution in [-0.4, -0.2) is 47.0 Å². The molecule has 3 heterocycles. The highest BCUT2D eigenvalue weighted by molar-refractivity contribution is 7.07. The summed E-state index contributed by atoms with van der Waals surface area (Å²) < 4.78 is 0. The van der Waals surface area contributed by atoms with Crippen molar-refractivity contribution < 1.29 is 4.79 Å². The molecule has 1 fully saturated rings. The zero-order valence-electron chi connectivity index (χ0n) is 14.0. The highest BCUT2D eigenvalue weighted by Crippen LogP contribution is 2.16. The molecule has 0 aliphatic carbocycles. The van der Waals surface area contributed by atoms with Gasteiger partial charge in [-0.15, -0.1) is 0 Å². The molecule has 2 amide bonds. The number of thiophene rings is 1. The van der Waals surface area contributed by atoms with E-state index in [9.17, 15) is 4.79 Å². The first-order valence-electron chi connectivity index (χ1n) is 8.42. The summed E-state index contributed by atoms with van der Waals surface area (Å²) in [5.41, 5.74) is 2.25. The normalized spacial score (nSPS) is 17.3. The fourth-order valence-corrected chi connectivity index (χ4v) is 3.69. The van der Waals surface area contributed by atoms with Gasteiger partial charge in [0.15, 0.2) is 0 Å². The fourth-order valence-electron chi connectivity index (χ4n) is 2.93. The van der Waals surface area contributed by atoms with Crippen LogP contribution in [0.1, 0.15) is 30.6 Å². The Bertz CT molecular complexity index is 632. The van der Waals surface area contributed by atoms with Crippen molar-refractivity contribution in [3.63, 3.8) is 0 Å². The Labute approximate surface area is 147 Å². The Morgan fingerprint density at radius 1 is 1.29 bits per heavy atom. The zero-order chi connectivity index (χ0) is 16.8.